The third-order valence-corrected chi connectivity index (χ3v) is 6.01. The molecule has 1 aliphatic heterocycles. The number of aryl methyl sites for hydroxylation is 1. The van der Waals surface area contributed by atoms with Gasteiger partial charge in [0.1, 0.15) is 11.6 Å². The van der Waals surface area contributed by atoms with Crippen LogP contribution in [0.3, 0.4) is 0 Å². The number of aromatic amines is 1. The second kappa shape index (κ2) is 9.64. The third kappa shape index (κ3) is 5.60. The Hall–Kier alpha value is -3.72. The molecule has 3 N–H and O–H groups in total. The molecule has 0 radical (unpaired) electrons. The van der Waals surface area contributed by atoms with Crippen molar-refractivity contribution in [3.8, 4) is 0 Å². The van der Waals surface area contributed by atoms with Crippen LogP contribution < -0.4 is 15.5 Å². The minimum Gasteiger partial charge on any atom is -0.354 e. The lowest BCUT2D eigenvalue weighted by molar-refractivity contribution is 0.0951. The van der Waals surface area contributed by atoms with Crippen LogP contribution >= 0.6 is 0 Å². The molecule has 2 fully saturated rings. The van der Waals surface area contributed by atoms with Crippen molar-refractivity contribution in [2.24, 2.45) is 0 Å². The average molecular weight is 459 g/mol. The summed E-state index contributed by atoms with van der Waals surface area (Å²) in [5.41, 5.74) is 2.56. The maximum Gasteiger partial charge on any atom is 0.251 e. The molecule has 176 valence electrons. The van der Waals surface area contributed by atoms with Gasteiger partial charge in [0, 0.05) is 55.6 Å². The van der Waals surface area contributed by atoms with Crippen molar-refractivity contribution in [1.82, 2.24) is 30.4 Å². The van der Waals surface area contributed by atoms with E-state index in [4.69, 9.17) is 4.98 Å². The minimum absolute atomic E-state index is 0.0214. The van der Waals surface area contributed by atoms with Gasteiger partial charge in [-0.25, -0.2) is 9.97 Å². The van der Waals surface area contributed by atoms with Crippen LogP contribution in [0, 0.1) is 6.92 Å². The van der Waals surface area contributed by atoms with Gasteiger partial charge in [0.2, 0.25) is 0 Å². The van der Waals surface area contributed by atoms with Crippen LogP contribution in [-0.4, -0.2) is 70.2 Å². The molecular weight excluding hydrogens is 428 g/mol. The van der Waals surface area contributed by atoms with E-state index in [1.165, 1.54) is 0 Å². The molecule has 9 nitrogen and oxygen atoms in total. The number of anilines is 3. The minimum atomic E-state index is -0.0214. The normalized spacial score (nSPS) is 16.7. The van der Waals surface area contributed by atoms with E-state index < -0.39 is 0 Å². The van der Waals surface area contributed by atoms with Crippen molar-refractivity contribution in [1.29, 1.82) is 0 Å². The highest BCUT2D eigenvalue weighted by molar-refractivity contribution is 5.95. The molecule has 0 spiro atoms. The summed E-state index contributed by atoms with van der Waals surface area (Å²) in [6, 6.07) is 11.8. The number of hydrogen-bond acceptors (Lipinski definition) is 7. The summed E-state index contributed by atoms with van der Waals surface area (Å²) in [4.78, 5) is 26.5. The molecule has 0 unspecified atom stereocenters. The maximum atomic E-state index is 12.4. The molecule has 0 bridgehead atoms. The van der Waals surface area contributed by atoms with Gasteiger partial charge in [0.15, 0.2) is 11.6 Å². The fraction of sp³-hybridized carbons (Fsp3) is 0.360. The van der Waals surface area contributed by atoms with Gasteiger partial charge in [-0.05, 0) is 50.6 Å². The second-order valence-corrected chi connectivity index (χ2v) is 9.03. The summed E-state index contributed by atoms with van der Waals surface area (Å²) >= 11 is 0. The predicted molar refractivity (Wildman–Crippen MR) is 134 cm³/mol. The van der Waals surface area contributed by atoms with Crippen LogP contribution in [0.5, 0.6) is 0 Å². The number of nitrogens with zero attached hydrogens (tertiary/aromatic N) is 5. The van der Waals surface area contributed by atoms with E-state index in [1.54, 1.807) is 0 Å². The van der Waals surface area contributed by atoms with Crippen molar-refractivity contribution >= 4 is 35.5 Å². The number of carbonyl (C=O) groups is 1. The molecule has 0 atom stereocenters. The highest BCUT2D eigenvalue weighted by Gasteiger charge is 2.23. The number of amides is 1. The zero-order valence-corrected chi connectivity index (χ0v) is 19.6. The summed E-state index contributed by atoms with van der Waals surface area (Å²) in [6.07, 6.45) is 5.97. The van der Waals surface area contributed by atoms with E-state index in [0.717, 1.165) is 56.1 Å². The first-order chi connectivity index (χ1) is 16.5. The van der Waals surface area contributed by atoms with Crippen LogP contribution in [0.4, 0.5) is 17.5 Å². The van der Waals surface area contributed by atoms with Gasteiger partial charge < -0.3 is 20.4 Å². The van der Waals surface area contributed by atoms with Crippen molar-refractivity contribution in [2.45, 2.75) is 25.8 Å². The number of rotatable bonds is 7. The number of likely N-dealkylation sites (N-methyl/N-ethyl adjacent to an activating group) is 1. The first kappa shape index (κ1) is 22.1. The Labute approximate surface area is 199 Å². The molecule has 1 saturated carbocycles. The van der Waals surface area contributed by atoms with Crippen molar-refractivity contribution in [3.63, 3.8) is 0 Å². The van der Waals surface area contributed by atoms with E-state index in [-0.39, 0.29) is 5.91 Å². The quantitative estimate of drug-likeness (QED) is 0.500. The van der Waals surface area contributed by atoms with Gasteiger partial charge in [0.25, 0.3) is 5.91 Å². The molecule has 1 aliphatic carbocycles. The molecule has 1 saturated heterocycles. The van der Waals surface area contributed by atoms with Crippen molar-refractivity contribution in [2.75, 3.05) is 43.4 Å². The Morgan fingerprint density at radius 1 is 1.06 bits per heavy atom. The lowest BCUT2D eigenvalue weighted by Crippen LogP contribution is -2.44. The van der Waals surface area contributed by atoms with Crippen molar-refractivity contribution < 1.29 is 4.79 Å². The second-order valence-electron chi connectivity index (χ2n) is 9.03. The highest BCUT2D eigenvalue weighted by atomic mass is 16.1. The summed E-state index contributed by atoms with van der Waals surface area (Å²) in [7, 11) is 2.14. The van der Waals surface area contributed by atoms with Crippen LogP contribution in [0.2, 0.25) is 0 Å². The van der Waals surface area contributed by atoms with E-state index in [2.05, 4.69) is 42.7 Å². The first-order valence-electron chi connectivity index (χ1n) is 11.7. The van der Waals surface area contributed by atoms with Gasteiger partial charge in [-0.3, -0.25) is 9.89 Å². The standard InChI is InChI=1S/C25H30N8O/c1-17-14-23(31-30-17)28-22-16-24(33-12-10-32(2)11-13-33)29-21(27-22)9-6-18-4-3-5-19(15-18)25(34)26-20-7-8-20/h3-6,9,14-16,20H,7-8,10-13H2,1-2H3,(H,26,34)(H2,27,28,29,30,31)/b9-6+. The Balaban J connectivity index is 1.39. The fourth-order valence-corrected chi connectivity index (χ4v) is 3.85. The van der Waals surface area contributed by atoms with Gasteiger partial charge in [-0.2, -0.15) is 5.10 Å². The van der Waals surface area contributed by atoms with Gasteiger partial charge in [0.05, 0.1) is 0 Å². The zero-order valence-electron chi connectivity index (χ0n) is 19.6. The van der Waals surface area contributed by atoms with Gasteiger partial charge in [-0.15, -0.1) is 0 Å². The number of benzene rings is 1. The summed E-state index contributed by atoms with van der Waals surface area (Å²) in [5.74, 6) is 2.86. The maximum absolute atomic E-state index is 12.4. The topological polar surface area (TPSA) is 102 Å². The molecule has 2 aliphatic rings. The van der Waals surface area contributed by atoms with Gasteiger partial charge >= 0.3 is 0 Å². The number of nitrogens with one attached hydrogen (secondary N) is 3. The Morgan fingerprint density at radius 3 is 2.62 bits per heavy atom. The predicted octanol–water partition coefficient (Wildman–Crippen LogP) is 3.07. The number of carbonyl (C=O) groups excluding carboxylic acids is 1. The molecule has 34 heavy (non-hydrogen) atoms. The Bertz CT molecular complexity index is 1190. The number of aromatic nitrogens is 4. The van der Waals surface area contributed by atoms with Crippen LogP contribution in [0.1, 0.15) is 40.3 Å². The number of H-pyrrole nitrogens is 1. The summed E-state index contributed by atoms with van der Waals surface area (Å²) in [5, 5.41) is 13.5. The molecular formula is C25H30N8O. The SMILES string of the molecule is Cc1cc(Nc2cc(N3CCN(C)CC3)nc(/C=C/c3cccc(C(=O)NC4CC4)c3)n2)n[nH]1. The van der Waals surface area contributed by atoms with E-state index >= 15 is 0 Å². The molecule has 1 amide bonds. The lowest BCUT2D eigenvalue weighted by atomic mass is 10.1. The first-order valence-corrected chi connectivity index (χ1v) is 11.7. The highest BCUT2D eigenvalue weighted by Crippen LogP contribution is 2.22. The monoisotopic (exact) mass is 458 g/mol. The third-order valence-electron chi connectivity index (χ3n) is 6.01. The average Bonchev–Trinajstić information content (AvgIpc) is 3.56. The molecule has 5 rings (SSSR count). The van der Waals surface area contributed by atoms with Crippen molar-refractivity contribution in [3.05, 3.63) is 59.0 Å². The summed E-state index contributed by atoms with van der Waals surface area (Å²) < 4.78 is 0. The number of piperazine rings is 1. The van der Waals surface area contributed by atoms with E-state index in [1.807, 2.05) is 55.5 Å². The smallest absolute Gasteiger partial charge is 0.251 e. The molecule has 1 aromatic carbocycles. The van der Waals surface area contributed by atoms with E-state index in [9.17, 15) is 4.79 Å². The zero-order chi connectivity index (χ0) is 23.5. The van der Waals surface area contributed by atoms with Gasteiger partial charge in [-0.1, -0.05) is 18.2 Å². The fourth-order valence-electron chi connectivity index (χ4n) is 3.85. The molecule has 3 aromatic rings. The molecule has 2 aromatic heterocycles. The molecule has 3 heterocycles. The number of hydrogen-bond donors (Lipinski definition) is 3. The van der Waals surface area contributed by atoms with Crippen LogP contribution in [0.15, 0.2) is 36.4 Å². The lowest BCUT2D eigenvalue weighted by Gasteiger charge is -2.33. The summed E-state index contributed by atoms with van der Waals surface area (Å²) in [6.45, 7) is 5.77. The Kier molecular flexibility index (Phi) is 6.27. The largest absolute Gasteiger partial charge is 0.354 e. The molecule has 9 heteroatoms. The van der Waals surface area contributed by atoms with Crippen LogP contribution in [-0.2, 0) is 0 Å². The Morgan fingerprint density at radius 2 is 1.88 bits per heavy atom. The van der Waals surface area contributed by atoms with E-state index in [0.29, 0.717) is 29.1 Å². The van der Waals surface area contributed by atoms with Crippen LogP contribution in [0.25, 0.3) is 12.2 Å².